The highest BCUT2D eigenvalue weighted by atomic mass is 16.3. The maximum Gasteiger partial charge on any atom is 0.196 e. The number of nitrogens with zero attached hydrogens (tertiary/aromatic N) is 3. The van der Waals surface area contributed by atoms with Crippen LogP contribution in [0.15, 0.2) is 156 Å². The van der Waals surface area contributed by atoms with Gasteiger partial charge in [0.15, 0.2) is 5.69 Å². The zero-order chi connectivity index (χ0) is 31.1. The lowest BCUT2D eigenvalue weighted by Gasteiger charge is -2.17. The third kappa shape index (κ3) is 3.57. The summed E-state index contributed by atoms with van der Waals surface area (Å²) < 4.78 is 11.0. The highest BCUT2D eigenvalue weighted by Crippen LogP contribution is 2.44. The Bertz CT molecular complexity index is 2860. The van der Waals surface area contributed by atoms with Crippen molar-refractivity contribution >= 4 is 71.2 Å². The smallest absolute Gasteiger partial charge is 0.196 e. The van der Waals surface area contributed by atoms with Gasteiger partial charge in [-0.15, -0.1) is 0 Å². The lowest BCUT2D eigenvalue weighted by atomic mass is 10.0. The van der Waals surface area contributed by atoms with E-state index in [-0.39, 0.29) is 0 Å². The zero-order valence-corrected chi connectivity index (χ0v) is 25.2. The molecule has 10 aromatic rings. The fourth-order valence-electron chi connectivity index (χ4n) is 7.60. The summed E-state index contributed by atoms with van der Waals surface area (Å²) in [4.78, 5) is 4.05. The molecule has 10 rings (SSSR count). The molecule has 0 radical (unpaired) electrons. The van der Waals surface area contributed by atoms with Crippen molar-refractivity contribution in [1.82, 2.24) is 9.13 Å². The number of furan rings is 1. The molecule has 0 aliphatic carbocycles. The number of fused-ring (bicyclic) bond motifs is 10. The minimum Gasteiger partial charge on any atom is -0.456 e. The van der Waals surface area contributed by atoms with Crippen molar-refractivity contribution in [2.45, 2.75) is 0 Å². The second kappa shape index (κ2) is 9.71. The molecule has 0 saturated heterocycles. The van der Waals surface area contributed by atoms with Gasteiger partial charge >= 0.3 is 0 Å². The van der Waals surface area contributed by atoms with E-state index in [0.717, 1.165) is 66.2 Å². The Hall–Kier alpha value is -6.57. The van der Waals surface area contributed by atoms with E-state index in [9.17, 15) is 0 Å². The van der Waals surface area contributed by atoms with Crippen LogP contribution in [0.5, 0.6) is 0 Å². The van der Waals surface area contributed by atoms with Gasteiger partial charge in [-0.2, -0.15) is 0 Å². The first-order valence-corrected chi connectivity index (χ1v) is 15.7. The molecule has 47 heavy (non-hydrogen) atoms. The summed E-state index contributed by atoms with van der Waals surface area (Å²) in [5, 5.41) is 6.94. The minimum absolute atomic E-state index is 0.613. The molecule has 0 aliphatic rings. The van der Waals surface area contributed by atoms with E-state index in [1.165, 1.54) is 21.8 Å². The molecular formula is C43H25N3O. The van der Waals surface area contributed by atoms with Gasteiger partial charge in [-0.1, -0.05) is 97.1 Å². The molecule has 3 aromatic heterocycles. The number of aromatic nitrogens is 2. The van der Waals surface area contributed by atoms with Crippen LogP contribution in [0, 0.1) is 6.57 Å². The number of para-hydroxylation sites is 4. The SMILES string of the molecule is [C-]#[N+]c1cccc(-n2c3ccccc3c3ccc4oc5ccccc5c4c32)c1-c1ccc(-n2c3ccccc3c3ccccc32)cc1. The van der Waals surface area contributed by atoms with Crippen LogP contribution >= 0.6 is 0 Å². The first-order valence-electron chi connectivity index (χ1n) is 15.7. The van der Waals surface area contributed by atoms with Gasteiger partial charge in [-0.3, -0.25) is 0 Å². The van der Waals surface area contributed by atoms with Gasteiger partial charge in [-0.25, -0.2) is 4.85 Å². The summed E-state index contributed by atoms with van der Waals surface area (Å²) in [6.07, 6.45) is 0. The molecule has 0 amide bonds. The Labute approximate surface area is 269 Å². The largest absolute Gasteiger partial charge is 0.456 e. The maximum atomic E-state index is 8.23. The molecule has 0 aliphatic heterocycles. The molecular weight excluding hydrogens is 574 g/mol. The Balaban J connectivity index is 1.26. The van der Waals surface area contributed by atoms with Crippen molar-refractivity contribution in [1.29, 1.82) is 0 Å². The van der Waals surface area contributed by atoms with Gasteiger partial charge in [0, 0.05) is 43.9 Å². The van der Waals surface area contributed by atoms with Crippen LogP contribution in [-0.2, 0) is 0 Å². The van der Waals surface area contributed by atoms with E-state index < -0.39 is 0 Å². The van der Waals surface area contributed by atoms with Crippen molar-refractivity contribution in [2.24, 2.45) is 0 Å². The van der Waals surface area contributed by atoms with Gasteiger partial charge in [-0.05, 0) is 60.2 Å². The van der Waals surface area contributed by atoms with Crippen LogP contribution < -0.4 is 0 Å². The van der Waals surface area contributed by atoms with E-state index >= 15 is 0 Å². The van der Waals surface area contributed by atoms with Gasteiger partial charge in [0.1, 0.15) is 11.2 Å². The van der Waals surface area contributed by atoms with E-state index in [4.69, 9.17) is 11.0 Å². The number of hydrogen-bond acceptors (Lipinski definition) is 1. The van der Waals surface area contributed by atoms with Crippen molar-refractivity contribution in [3.05, 3.63) is 163 Å². The van der Waals surface area contributed by atoms with Crippen LogP contribution in [-0.4, -0.2) is 9.13 Å². The highest BCUT2D eigenvalue weighted by Gasteiger charge is 2.22. The summed E-state index contributed by atoms with van der Waals surface area (Å²) in [6, 6.07) is 52.8. The Morgan fingerprint density at radius 2 is 1.06 bits per heavy atom. The third-order valence-corrected chi connectivity index (χ3v) is 9.55. The molecule has 0 unspecified atom stereocenters. The van der Waals surface area contributed by atoms with Crippen LogP contribution in [0.2, 0.25) is 0 Å². The average molecular weight is 600 g/mol. The lowest BCUT2D eigenvalue weighted by Crippen LogP contribution is -1.98. The fourth-order valence-corrected chi connectivity index (χ4v) is 7.60. The standard InChI is InChI=1S/C43H25N3O/c1-44-34-15-10-19-38(41(34)27-21-23-28(24-22-27)45-35-16-6-2-11-29(35)30-12-3-7-17-36(30)45)46-37-18-8-4-13-31(37)32-25-26-40-42(43(32)46)33-14-5-9-20-39(33)47-40/h2-26H. The Morgan fingerprint density at radius 1 is 0.468 bits per heavy atom. The molecule has 0 N–H and O–H groups in total. The maximum absolute atomic E-state index is 8.23. The summed E-state index contributed by atoms with van der Waals surface area (Å²) >= 11 is 0. The molecule has 0 spiro atoms. The van der Waals surface area contributed by atoms with Crippen molar-refractivity contribution in [2.75, 3.05) is 0 Å². The number of benzene rings is 7. The van der Waals surface area contributed by atoms with E-state index in [1.807, 2.05) is 24.3 Å². The second-order valence-corrected chi connectivity index (χ2v) is 12.0. The van der Waals surface area contributed by atoms with Gasteiger partial charge in [0.05, 0.1) is 34.0 Å². The molecule has 4 heteroatoms. The van der Waals surface area contributed by atoms with Crippen molar-refractivity contribution < 1.29 is 4.42 Å². The van der Waals surface area contributed by atoms with Crippen molar-refractivity contribution in [3.63, 3.8) is 0 Å². The second-order valence-electron chi connectivity index (χ2n) is 12.0. The molecule has 0 atom stereocenters. The Kier molecular flexibility index (Phi) is 5.32. The van der Waals surface area contributed by atoms with Crippen LogP contribution in [0.1, 0.15) is 0 Å². The van der Waals surface area contributed by atoms with Gasteiger partial charge in [0.2, 0.25) is 0 Å². The fraction of sp³-hybridized carbons (Fsp3) is 0. The minimum atomic E-state index is 0.613. The number of rotatable bonds is 3. The molecule has 0 fully saturated rings. The molecule has 7 aromatic carbocycles. The normalized spacial score (nSPS) is 11.8. The number of hydrogen-bond donors (Lipinski definition) is 0. The van der Waals surface area contributed by atoms with Crippen LogP contribution in [0.3, 0.4) is 0 Å². The van der Waals surface area contributed by atoms with Crippen molar-refractivity contribution in [3.8, 4) is 22.5 Å². The van der Waals surface area contributed by atoms with E-state index in [2.05, 4.69) is 141 Å². The molecule has 218 valence electrons. The predicted octanol–water partition coefficient (Wildman–Crippen LogP) is 12.0. The van der Waals surface area contributed by atoms with Crippen LogP contribution in [0.4, 0.5) is 5.69 Å². The summed E-state index contributed by atoms with van der Waals surface area (Å²) in [5.74, 6) is 0. The van der Waals surface area contributed by atoms with E-state index in [0.29, 0.717) is 5.69 Å². The van der Waals surface area contributed by atoms with Crippen LogP contribution in [0.25, 0.3) is 92.9 Å². The molecule has 0 saturated carbocycles. The Morgan fingerprint density at radius 3 is 1.74 bits per heavy atom. The topological polar surface area (TPSA) is 27.4 Å². The predicted molar refractivity (Wildman–Crippen MR) is 194 cm³/mol. The summed E-state index contributed by atoms with van der Waals surface area (Å²) in [6.45, 7) is 8.23. The van der Waals surface area contributed by atoms with Gasteiger partial charge in [0.25, 0.3) is 0 Å². The summed E-state index contributed by atoms with van der Waals surface area (Å²) in [5.41, 5.74) is 10.8. The van der Waals surface area contributed by atoms with Gasteiger partial charge < -0.3 is 13.6 Å². The first-order chi connectivity index (χ1) is 23.3. The third-order valence-electron chi connectivity index (χ3n) is 9.55. The lowest BCUT2D eigenvalue weighted by molar-refractivity contribution is 0.669. The molecule has 4 nitrogen and oxygen atoms in total. The highest BCUT2D eigenvalue weighted by molar-refractivity contribution is 6.24. The van der Waals surface area contributed by atoms with E-state index in [1.54, 1.807) is 0 Å². The molecule has 3 heterocycles. The monoisotopic (exact) mass is 599 g/mol. The first kappa shape index (κ1) is 25.7. The average Bonchev–Trinajstić information content (AvgIpc) is 3.79. The zero-order valence-electron chi connectivity index (χ0n) is 25.2. The quantitative estimate of drug-likeness (QED) is 0.186. The molecule has 0 bridgehead atoms. The summed E-state index contributed by atoms with van der Waals surface area (Å²) in [7, 11) is 0.